The van der Waals surface area contributed by atoms with Crippen LogP contribution >= 0.6 is 0 Å². The molecule has 0 bridgehead atoms. The zero-order valence-corrected chi connectivity index (χ0v) is 22.0. The maximum Gasteiger partial charge on any atom is 0.199 e. The summed E-state index contributed by atoms with van der Waals surface area (Å²) in [5.41, 5.74) is 4.21. The van der Waals surface area contributed by atoms with Crippen LogP contribution in [0.3, 0.4) is 0 Å². The molecule has 2 aromatic carbocycles. The van der Waals surface area contributed by atoms with Crippen molar-refractivity contribution in [2.24, 2.45) is 10.9 Å². The van der Waals surface area contributed by atoms with Crippen molar-refractivity contribution in [1.82, 2.24) is 9.80 Å². The minimum absolute atomic E-state index is 0.0426. The van der Waals surface area contributed by atoms with Crippen molar-refractivity contribution in [2.75, 3.05) is 39.3 Å². The first-order valence-electron chi connectivity index (χ1n) is 13.3. The molecule has 2 aromatic rings. The van der Waals surface area contributed by atoms with E-state index in [1.807, 2.05) is 38.1 Å². The van der Waals surface area contributed by atoms with Gasteiger partial charge in [-0.3, -0.25) is 29.1 Å². The average molecular weight is 512 g/mol. The zero-order chi connectivity index (χ0) is 26.8. The van der Waals surface area contributed by atoms with Gasteiger partial charge in [0.05, 0.1) is 12.1 Å². The zero-order valence-electron chi connectivity index (χ0n) is 22.0. The molecule has 1 saturated carbocycles. The number of Topliss-reactive ketones (excluding diaryl/α,β-unsaturated/α-hetero) is 4. The first kappa shape index (κ1) is 25.9. The summed E-state index contributed by atoms with van der Waals surface area (Å²) in [6.45, 7) is 8.13. The number of carbonyl (C=O) groups excluding carboxylic acids is 4. The molecule has 0 unspecified atom stereocenters. The molecule has 2 fully saturated rings. The van der Waals surface area contributed by atoms with Crippen LogP contribution in [-0.2, 0) is 9.59 Å². The van der Waals surface area contributed by atoms with E-state index in [1.54, 1.807) is 30.5 Å². The number of hydrogen-bond acceptors (Lipinski definition) is 7. The van der Waals surface area contributed by atoms with Crippen molar-refractivity contribution < 1.29 is 19.2 Å². The molecule has 0 spiro atoms. The lowest BCUT2D eigenvalue weighted by Gasteiger charge is -2.36. The lowest BCUT2D eigenvalue weighted by atomic mass is 9.77. The van der Waals surface area contributed by atoms with Crippen LogP contribution in [0.2, 0.25) is 0 Å². The Morgan fingerprint density at radius 3 is 2.03 bits per heavy atom. The molecule has 7 nitrogen and oxygen atoms in total. The van der Waals surface area contributed by atoms with Crippen LogP contribution in [0, 0.1) is 12.8 Å². The summed E-state index contributed by atoms with van der Waals surface area (Å²) >= 11 is 0. The number of carbonyl (C=O) groups is 4. The summed E-state index contributed by atoms with van der Waals surface area (Å²) in [6, 6.07) is 15.0. The van der Waals surface area contributed by atoms with Crippen molar-refractivity contribution >= 4 is 29.3 Å². The number of aliphatic imine (C=N–C) groups is 1. The highest BCUT2D eigenvalue weighted by Gasteiger charge is 2.36. The average Bonchev–Trinajstić information content (AvgIpc) is 3.17. The van der Waals surface area contributed by atoms with Gasteiger partial charge in [-0.25, -0.2) is 0 Å². The number of nitrogens with zero attached hydrogens (tertiary/aromatic N) is 3. The molecule has 0 N–H and O–H groups in total. The van der Waals surface area contributed by atoms with E-state index in [0.29, 0.717) is 30.5 Å². The third kappa shape index (κ3) is 5.16. The summed E-state index contributed by atoms with van der Waals surface area (Å²) in [4.78, 5) is 59.9. The maximum atomic E-state index is 12.8. The van der Waals surface area contributed by atoms with Gasteiger partial charge in [0.2, 0.25) is 0 Å². The highest BCUT2D eigenvalue weighted by atomic mass is 16.2. The maximum absolute atomic E-state index is 12.8. The highest BCUT2D eigenvalue weighted by molar-refractivity contribution is 6.39. The van der Waals surface area contributed by atoms with Crippen LogP contribution in [-0.4, -0.2) is 78.4 Å². The molecule has 1 saturated heterocycles. The quantitative estimate of drug-likeness (QED) is 0.255. The highest BCUT2D eigenvalue weighted by Crippen LogP contribution is 2.32. The fourth-order valence-corrected chi connectivity index (χ4v) is 5.66. The second kappa shape index (κ2) is 11.0. The van der Waals surface area contributed by atoms with Gasteiger partial charge < -0.3 is 4.90 Å². The molecule has 0 atom stereocenters. The molecule has 1 heterocycles. The van der Waals surface area contributed by atoms with Gasteiger partial charge in [0, 0.05) is 68.6 Å². The van der Waals surface area contributed by atoms with Crippen LogP contribution in [0.5, 0.6) is 0 Å². The Hall–Kier alpha value is -3.71. The second-order valence-corrected chi connectivity index (χ2v) is 10.5. The van der Waals surface area contributed by atoms with Crippen LogP contribution in [0.1, 0.15) is 57.5 Å². The largest absolute Gasteiger partial charge is 0.372 e. The summed E-state index contributed by atoms with van der Waals surface area (Å²) in [5.74, 6) is -1.24. The Bertz CT molecular complexity index is 1280. The minimum Gasteiger partial charge on any atom is -0.372 e. The van der Waals surface area contributed by atoms with Crippen LogP contribution in [0.25, 0.3) is 0 Å². The SMILES string of the molecule is CC(=C1C(=O)c2ccccc2C1=O)N1CCN(CCN=CC2C(=O)CC(c3ccc(C)cc3)CC2=O)CC1. The Labute approximate surface area is 223 Å². The smallest absolute Gasteiger partial charge is 0.199 e. The van der Waals surface area contributed by atoms with E-state index in [1.165, 1.54) is 0 Å². The fraction of sp³-hybridized carbons (Fsp3) is 0.387. The fourth-order valence-electron chi connectivity index (χ4n) is 5.66. The van der Waals surface area contributed by atoms with E-state index in [-0.39, 0.29) is 34.6 Å². The van der Waals surface area contributed by atoms with Gasteiger partial charge in [-0.1, -0.05) is 54.1 Å². The van der Waals surface area contributed by atoms with E-state index in [0.717, 1.165) is 49.5 Å². The molecule has 5 rings (SSSR count). The van der Waals surface area contributed by atoms with E-state index in [2.05, 4.69) is 14.8 Å². The Kier molecular flexibility index (Phi) is 7.47. The number of aryl methyl sites for hydroxylation is 1. The molecule has 0 radical (unpaired) electrons. The molecule has 1 aliphatic heterocycles. The van der Waals surface area contributed by atoms with Crippen molar-refractivity contribution in [1.29, 1.82) is 0 Å². The standard InChI is InChI=1S/C31H33N3O4/c1-20-7-9-22(10-8-20)23-17-27(35)26(28(36)18-23)19-32-11-12-33-13-15-34(16-14-33)21(2)29-30(37)24-5-3-4-6-25(24)31(29)38/h3-10,19,23,26H,11-18H2,1-2H3. The Morgan fingerprint density at radius 2 is 1.45 bits per heavy atom. The summed E-state index contributed by atoms with van der Waals surface area (Å²) < 4.78 is 0. The van der Waals surface area contributed by atoms with Gasteiger partial charge in [0.25, 0.3) is 0 Å². The van der Waals surface area contributed by atoms with Gasteiger partial charge in [0.1, 0.15) is 17.5 Å². The third-order valence-electron chi connectivity index (χ3n) is 8.02. The number of hydrogen-bond donors (Lipinski definition) is 0. The predicted octanol–water partition coefficient (Wildman–Crippen LogP) is 3.67. The second-order valence-electron chi connectivity index (χ2n) is 10.5. The molecule has 3 aliphatic rings. The molecule has 0 amide bonds. The molecule has 38 heavy (non-hydrogen) atoms. The first-order chi connectivity index (χ1) is 18.3. The number of benzene rings is 2. The van der Waals surface area contributed by atoms with Crippen molar-refractivity contribution in [2.45, 2.75) is 32.6 Å². The van der Waals surface area contributed by atoms with Crippen molar-refractivity contribution in [3.05, 3.63) is 82.1 Å². The lowest BCUT2D eigenvalue weighted by Crippen LogP contribution is -2.46. The number of ketones is 4. The summed E-state index contributed by atoms with van der Waals surface area (Å²) in [7, 11) is 0. The van der Waals surface area contributed by atoms with Gasteiger partial charge in [0.15, 0.2) is 11.6 Å². The van der Waals surface area contributed by atoms with Crippen LogP contribution < -0.4 is 0 Å². The van der Waals surface area contributed by atoms with E-state index < -0.39 is 5.92 Å². The molecule has 7 heteroatoms. The summed E-state index contributed by atoms with van der Waals surface area (Å²) in [5, 5.41) is 0. The minimum atomic E-state index is -0.728. The van der Waals surface area contributed by atoms with Gasteiger partial charge in [-0.15, -0.1) is 0 Å². The van der Waals surface area contributed by atoms with E-state index in [9.17, 15) is 19.2 Å². The van der Waals surface area contributed by atoms with Gasteiger partial charge in [-0.05, 0) is 25.3 Å². The van der Waals surface area contributed by atoms with Crippen molar-refractivity contribution in [3.8, 4) is 0 Å². The van der Waals surface area contributed by atoms with E-state index in [4.69, 9.17) is 0 Å². The Morgan fingerprint density at radius 1 is 0.868 bits per heavy atom. The monoisotopic (exact) mass is 511 g/mol. The number of piperazine rings is 1. The summed E-state index contributed by atoms with van der Waals surface area (Å²) in [6.07, 6.45) is 2.30. The molecule has 2 aliphatic carbocycles. The van der Waals surface area contributed by atoms with Crippen LogP contribution in [0.4, 0.5) is 0 Å². The predicted molar refractivity (Wildman–Crippen MR) is 146 cm³/mol. The molecular weight excluding hydrogens is 478 g/mol. The number of fused-ring (bicyclic) bond motifs is 1. The molecular formula is C31H33N3O4. The molecule has 196 valence electrons. The first-order valence-corrected chi connectivity index (χ1v) is 13.3. The van der Waals surface area contributed by atoms with Gasteiger partial charge in [-0.2, -0.15) is 0 Å². The van der Waals surface area contributed by atoms with Crippen molar-refractivity contribution in [3.63, 3.8) is 0 Å². The normalized spacial score (nSPS) is 22.5. The van der Waals surface area contributed by atoms with E-state index >= 15 is 0 Å². The van der Waals surface area contributed by atoms with Gasteiger partial charge >= 0.3 is 0 Å². The lowest BCUT2D eigenvalue weighted by molar-refractivity contribution is -0.133. The molecule has 0 aromatic heterocycles. The number of rotatable bonds is 6. The van der Waals surface area contributed by atoms with Crippen LogP contribution in [0.15, 0.2) is 64.8 Å². The number of allylic oxidation sites excluding steroid dienone is 2. The third-order valence-corrected chi connectivity index (χ3v) is 8.02. The Balaban J connectivity index is 1.10. The topological polar surface area (TPSA) is 87.1 Å².